The molecule has 0 bridgehead atoms. The zero-order valence-electron chi connectivity index (χ0n) is 17.3. The van der Waals surface area contributed by atoms with Crippen molar-refractivity contribution < 1.29 is 23.8 Å². The molecule has 162 valence electrons. The van der Waals surface area contributed by atoms with E-state index in [4.69, 9.17) is 9.15 Å². The van der Waals surface area contributed by atoms with Crippen LogP contribution in [0, 0.1) is 0 Å². The van der Waals surface area contributed by atoms with Gasteiger partial charge in [0.1, 0.15) is 23.5 Å². The molecule has 7 heteroatoms. The van der Waals surface area contributed by atoms with Crippen LogP contribution in [0.5, 0.6) is 5.75 Å². The number of nitrogens with one attached hydrogen (secondary N) is 1. The van der Waals surface area contributed by atoms with E-state index in [0.717, 1.165) is 50.0 Å². The quantitative estimate of drug-likeness (QED) is 0.716. The van der Waals surface area contributed by atoms with Crippen LogP contribution in [0.1, 0.15) is 61.9 Å². The first-order valence-corrected chi connectivity index (χ1v) is 11.0. The summed E-state index contributed by atoms with van der Waals surface area (Å²) in [6.07, 6.45) is 7.32. The molecule has 0 spiro atoms. The number of likely N-dealkylation sites (tertiary alicyclic amines) is 1. The summed E-state index contributed by atoms with van der Waals surface area (Å²) < 4.78 is 11.6. The normalized spacial score (nSPS) is 19.5. The predicted octanol–water partition coefficient (Wildman–Crippen LogP) is 3.81. The number of carboxylic acid groups (broad SMARTS) is 1. The standard InChI is InChI=1S/C23H30N2O5/c26-21(24-23(22(27)28)9-3-1-4-10-23)20-16-17-15-18(7-8-19(17)30-20)29-14-13-25-11-5-2-6-12-25/h7-8,15-16H,1-6,9-14H2,(H,24,26)(H,27,28). The zero-order valence-corrected chi connectivity index (χ0v) is 17.3. The molecule has 2 aromatic rings. The van der Waals surface area contributed by atoms with Crippen molar-refractivity contribution in [2.45, 2.75) is 56.9 Å². The number of nitrogens with zero attached hydrogens (tertiary/aromatic N) is 1. The van der Waals surface area contributed by atoms with Crippen LogP contribution >= 0.6 is 0 Å². The molecule has 1 aromatic carbocycles. The zero-order chi connectivity index (χ0) is 21.0. The van der Waals surface area contributed by atoms with Gasteiger partial charge >= 0.3 is 5.97 Å². The summed E-state index contributed by atoms with van der Waals surface area (Å²) in [4.78, 5) is 27.0. The minimum Gasteiger partial charge on any atom is -0.492 e. The van der Waals surface area contributed by atoms with Crippen LogP contribution < -0.4 is 10.1 Å². The van der Waals surface area contributed by atoms with Gasteiger partial charge < -0.3 is 19.6 Å². The fourth-order valence-electron chi connectivity index (χ4n) is 4.53. The highest BCUT2D eigenvalue weighted by molar-refractivity contribution is 5.99. The van der Waals surface area contributed by atoms with Gasteiger partial charge in [0, 0.05) is 11.9 Å². The van der Waals surface area contributed by atoms with Gasteiger partial charge in [0.2, 0.25) is 0 Å². The second-order valence-electron chi connectivity index (χ2n) is 8.46. The Morgan fingerprint density at radius 2 is 1.80 bits per heavy atom. The fraction of sp³-hybridized carbons (Fsp3) is 0.565. The first-order valence-electron chi connectivity index (χ1n) is 11.0. The molecule has 1 amide bonds. The molecule has 0 radical (unpaired) electrons. The van der Waals surface area contributed by atoms with Gasteiger partial charge in [-0.25, -0.2) is 4.79 Å². The van der Waals surface area contributed by atoms with Crippen LogP contribution in [0.25, 0.3) is 11.0 Å². The minimum atomic E-state index is -1.20. The van der Waals surface area contributed by atoms with E-state index in [0.29, 0.717) is 25.0 Å². The van der Waals surface area contributed by atoms with Gasteiger partial charge in [-0.15, -0.1) is 0 Å². The lowest BCUT2D eigenvalue weighted by Gasteiger charge is -2.33. The Morgan fingerprint density at radius 1 is 1.07 bits per heavy atom. The summed E-state index contributed by atoms with van der Waals surface area (Å²) in [6, 6.07) is 7.14. The Morgan fingerprint density at radius 3 is 2.53 bits per heavy atom. The molecule has 1 aromatic heterocycles. The van der Waals surface area contributed by atoms with Gasteiger partial charge in [0.15, 0.2) is 5.76 Å². The van der Waals surface area contributed by atoms with E-state index in [2.05, 4.69) is 10.2 Å². The number of carboxylic acids is 1. The molecule has 2 heterocycles. The van der Waals surface area contributed by atoms with E-state index in [1.165, 1.54) is 19.3 Å². The monoisotopic (exact) mass is 414 g/mol. The van der Waals surface area contributed by atoms with Crippen molar-refractivity contribution in [1.82, 2.24) is 10.2 Å². The van der Waals surface area contributed by atoms with E-state index in [9.17, 15) is 14.7 Å². The molecule has 30 heavy (non-hydrogen) atoms. The van der Waals surface area contributed by atoms with Crippen molar-refractivity contribution in [3.63, 3.8) is 0 Å². The van der Waals surface area contributed by atoms with Crippen LogP contribution in [0.3, 0.4) is 0 Å². The number of amides is 1. The molecule has 1 aliphatic heterocycles. The molecule has 2 fully saturated rings. The lowest BCUT2D eigenvalue weighted by Crippen LogP contribution is -2.55. The summed E-state index contributed by atoms with van der Waals surface area (Å²) in [7, 11) is 0. The van der Waals surface area contributed by atoms with Gasteiger partial charge in [-0.3, -0.25) is 9.69 Å². The molecular weight excluding hydrogens is 384 g/mol. The summed E-state index contributed by atoms with van der Waals surface area (Å²) in [5.41, 5.74) is -0.617. The van der Waals surface area contributed by atoms with Crippen molar-refractivity contribution in [2.24, 2.45) is 0 Å². The summed E-state index contributed by atoms with van der Waals surface area (Å²) in [5, 5.41) is 13.2. The SMILES string of the molecule is O=C(NC1(C(=O)O)CCCCC1)c1cc2cc(OCCN3CCCCC3)ccc2o1. The van der Waals surface area contributed by atoms with Gasteiger partial charge in [0.25, 0.3) is 5.91 Å². The number of carbonyl (C=O) groups is 2. The number of carbonyl (C=O) groups excluding carboxylic acids is 1. The van der Waals surface area contributed by atoms with Crippen LogP contribution in [-0.2, 0) is 4.79 Å². The van der Waals surface area contributed by atoms with E-state index in [-0.39, 0.29) is 5.76 Å². The number of ether oxygens (including phenoxy) is 1. The molecule has 0 atom stereocenters. The van der Waals surface area contributed by atoms with Crippen LogP contribution in [0.15, 0.2) is 28.7 Å². The second kappa shape index (κ2) is 9.08. The first kappa shape index (κ1) is 20.7. The molecule has 4 rings (SSSR count). The summed E-state index contributed by atoms with van der Waals surface area (Å²) in [5.74, 6) is -0.595. The van der Waals surface area contributed by atoms with Crippen molar-refractivity contribution in [3.05, 3.63) is 30.0 Å². The number of piperidine rings is 1. The Kier molecular flexibility index (Phi) is 6.27. The smallest absolute Gasteiger partial charge is 0.329 e. The maximum absolute atomic E-state index is 12.7. The second-order valence-corrected chi connectivity index (χ2v) is 8.46. The molecule has 1 saturated carbocycles. The minimum absolute atomic E-state index is 0.127. The van der Waals surface area contributed by atoms with E-state index >= 15 is 0 Å². The number of hydrogen-bond donors (Lipinski definition) is 2. The number of aliphatic carboxylic acids is 1. The average Bonchev–Trinajstić information content (AvgIpc) is 3.19. The van der Waals surface area contributed by atoms with Crippen LogP contribution in [0.4, 0.5) is 0 Å². The van der Waals surface area contributed by atoms with Crippen LogP contribution in [-0.4, -0.2) is 53.7 Å². The number of hydrogen-bond acceptors (Lipinski definition) is 5. The summed E-state index contributed by atoms with van der Waals surface area (Å²) in [6.45, 7) is 3.81. The van der Waals surface area contributed by atoms with Gasteiger partial charge in [-0.2, -0.15) is 0 Å². The highest BCUT2D eigenvalue weighted by atomic mass is 16.5. The van der Waals surface area contributed by atoms with E-state index in [1.54, 1.807) is 12.1 Å². The van der Waals surface area contributed by atoms with Gasteiger partial charge in [-0.05, 0) is 63.0 Å². The Bertz CT molecular complexity index is 894. The molecule has 2 N–H and O–H groups in total. The van der Waals surface area contributed by atoms with Gasteiger partial charge in [0.05, 0.1) is 0 Å². The highest BCUT2D eigenvalue weighted by Gasteiger charge is 2.41. The molecule has 0 unspecified atom stereocenters. The third kappa shape index (κ3) is 4.61. The maximum Gasteiger partial charge on any atom is 0.329 e. The predicted molar refractivity (Wildman–Crippen MR) is 113 cm³/mol. The van der Waals surface area contributed by atoms with Crippen molar-refractivity contribution in [1.29, 1.82) is 0 Å². The third-order valence-corrected chi connectivity index (χ3v) is 6.31. The molecule has 2 aliphatic rings. The average molecular weight is 415 g/mol. The number of rotatable bonds is 7. The maximum atomic E-state index is 12.7. The van der Waals surface area contributed by atoms with Gasteiger partial charge in [-0.1, -0.05) is 25.7 Å². The number of furan rings is 1. The molecule has 1 aliphatic carbocycles. The topological polar surface area (TPSA) is 92.0 Å². The Hall–Kier alpha value is -2.54. The van der Waals surface area contributed by atoms with E-state index < -0.39 is 17.4 Å². The molecule has 1 saturated heterocycles. The van der Waals surface area contributed by atoms with Crippen molar-refractivity contribution >= 4 is 22.8 Å². The van der Waals surface area contributed by atoms with E-state index in [1.807, 2.05) is 12.1 Å². The fourth-order valence-corrected chi connectivity index (χ4v) is 4.53. The first-order chi connectivity index (χ1) is 14.6. The number of benzene rings is 1. The molecular formula is C23H30N2O5. The lowest BCUT2D eigenvalue weighted by molar-refractivity contribution is -0.145. The van der Waals surface area contributed by atoms with Crippen LogP contribution in [0.2, 0.25) is 0 Å². The van der Waals surface area contributed by atoms with Crippen molar-refractivity contribution in [3.8, 4) is 5.75 Å². The lowest BCUT2D eigenvalue weighted by atomic mass is 9.81. The third-order valence-electron chi connectivity index (χ3n) is 6.31. The highest BCUT2D eigenvalue weighted by Crippen LogP contribution is 2.30. The Labute approximate surface area is 176 Å². The number of fused-ring (bicyclic) bond motifs is 1. The molecule has 7 nitrogen and oxygen atoms in total. The summed E-state index contributed by atoms with van der Waals surface area (Å²) >= 11 is 0. The largest absolute Gasteiger partial charge is 0.492 e. The Balaban J connectivity index is 1.40. The van der Waals surface area contributed by atoms with Crippen molar-refractivity contribution in [2.75, 3.05) is 26.2 Å².